The van der Waals surface area contributed by atoms with Gasteiger partial charge in [-0.1, -0.05) is 40.5 Å². The van der Waals surface area contributed by atoms with E-state index in [1.165, 1.54) is 0 Å². The molecule has 1 aromatic rings. The molecule has 1 amide bonds. The summed E-state index contributed by atoms with van der Waals surface area (Å²) < 4.78 is 5.30. The number of carbonyl (C=O) groups is 1. The molecule has 0 heterocycles. The van der Waals surface area contributed by atoms with E-state index >= 15 is 0 Å². The van der Waals surface area contributed by atoms with E-state index in [0.29, 0.717) is 22.1 Å². The average Bonchev–Trinajstić information content (AvgIpc) is 2.26. The Hall–Kier alpha value is -0.740. The first kappa shape index (κ1) is 14.3. The average molecular weight is 321 g/mol. The first-order valence-corrected chi connectivity index (χ1v) is 6.66. The number of halogens is 2. The molecular weight excluding hydrogens is 305 g/mol. The molecule has 0 aliphatic rings. The van der Waals surface area contributed by atoms with Crippen molar-refractivity contribution in [2.45, 2.75) is 18.2 Å². The number of benzene rings is 1. The molecule has 0 aromatic heterocycles. The Morgan fingerprint density at radius 1 is 1.59 bits per heavy atom. The van der Waals surface area contributed by atoms with Gasteiger partial charge in [0.15, 0.2) is 6.61 Å². The summed E-state index contributed by atoms with van der Waals surface area (Å²) in [5, 5.41) is 3.37. The van der Waals surface area contributed by atoms with Crippen LogP contribution in [0, 0.1) is 0 Å². The van der Waals surface area contributed by atoms with Crippen LogP contribution in [-0.2, 0) is 4.79 Å². The number of hydrogen-bond acceptors (Lipinski definition) is 2. The minimum absolute atomic E-state index is 0.0109. The van der Waals surface area contributed by atoms with Crippen LogP contribution in [0.2, 0.25) is 5.02 Å². The predicted molar refractivity (Wildman–Crippen MR) is 73.0 cm³/mol. The van der Waals surface area contributed by atoms with Crippen LogP contribution in [0.5, 0.6) is 5.75 Å². The van der Waals surface area contributed by atoms with Gasteiger partial charge in [-0.3, -0.25) is 4.79 Å². The molecule has 1 N–H and O–H groups in total. The second kappa shape index (κ2) is 7.56. The van der Waals surface area contributed by atoms with Gasteiger partial charge < -0.3 is 10.1 Å². The van der Waals surface area contributed by atoms with Crippen LogP contribution in [0.25, 0.3) is 0 Å². The third kappa shape index (κ3) is 6.54. The summed E-state index contributed by atoms with van der Waals surface area (Å²) >= 11 is 9.20. The highest BCUT2D eigenvalue weighted by Crippen LogP contribution is 2.16. The first-order chi connectivity index (χ1) is 8.08. The fourth-order valence-corrected chi connectivity index (χ4v) is 1.58. The quantitative estimate of drug-likeness (QED) is 0.818. The molecule has 0 aliphatic heterocycles. The van der Waals surface area contributed by atoms with E-state index in [1.54, 1.807) is 24.3 Å². The molecule has 0 spiro atoms. The summed E-state index contributed by atoms with van der Waals surface area (Å²) in [5.74, 6) is 0.472. The Balaban J connectivity index is 2.24. The zero-order chi connectivity index (χ0) is 12.7. The zero-order valence-corrected chi connectivity index (χ0v) is 11.9. The number of amides is 1. The van der Waals surface area contributed by atoms with E-state index in [0.717, 1.165) is 6.42 Å². The number of rotatable bonds is 6. The van der Waals surface area contributed by atoms with Crippen molar-refractivity contribution < 1.29 is 9.53 Å². The molecule has 5 heteroatoms. The highest BCUT2D eigenvalue weighted by molar-refractivity contribution is 9.09. The summed E-state index contributed by atoms with van der Waals surface area (Å²) in [6, 6.07) is 6.98. The summed E-state index contributed by atoms with van der Waals surface area (Å²) in [6.07, 6.45) is 0.892. The first-order valence-electron chi connectivity index (χ1n) is 5.37. The van der Waals surface area contributed by atoms with Crippen molar-refractivity contribution in [3.05, 3.63) is 29.3 Å². The maximum atomic E-state index is 11.4. The molecule has 1 aromatic carbocycles. The predicted octanol–water partition coefficient (Wildman–Crippen LogP) is 3.01. The number of carbonyl (C=O) groups excluding carboxylic acids is 1. The highest BCUT2D eigenvalue weighted by Gasteiger charge is 2.03. The van der Waals surface area contributed by atoms with Crippen LogP contribution in [0.1, 0.15) is 13.3 Å². The molecule has 0 aliphatic carbocycles. The monoisotopic (exact) mass is 319 g/mol. The van der Waals surface area contributed by atoms with Crippen molar-refractivity contribution in [2.24, 2.45) is 0 Å². The van der Waals surface area contributed by atoms with Crippen LogP contribution in [-0.4, -0.2) is 23.9 Å². The van der Waals surface area contributed by atoms with E-state index < -0.39 is 0 Å². The van der Waals surface area contributed by atoms with Gasteiger partial charge in [-0.05, 0) is 24.6 Å². The summed E-state index contributed by atoms with van der Waals surface area (Å²) in [6.45, 7) is 2.69. The largest absolute Gasteiger partial charge is 0.484 e. The number of hydrogen-bond donors (Lipinski definition) is 1. The number of nitrogens with one attached hydrogen (secondary N) is 1. The standard InChI is InChI=1S/C12H15BrClNO2/c1-9(13)5-6-15-12(16)8-17-11-4-2-3-10(14)7-11/h2-4,7,9H,5-6,8H2,1H3,(H,15,16). The fourth-order valence-electron chi connectivity index (χ4n) is 1.17. The minimum Gasteiger partial charge on any atom is -0.484 e. The van der Waals surface area contributed by atoms with Crippen LogP contribution < -0.4 is 10.1 Å². The maximum Gasteiger partial charge on any atom is 0.257 e. The van der Waals surface area contributed by atoms with E-state index in [4.69, 9.17) is 16.3 Å². The Morgan fingerprint density at radius 3 is 3.00 bits per heavy atom. The molecule has 1 atom stereocenters. The van der Waals surface area contributed by atoms with Crippen molar-refractivity contribution in [1.29, 1.82) is 0 Å². The Morgan fingerprint density at radius 2 is 2.35 bits per heavy atom. The number of alkyl halides is 1. The van der Waals surface area contributed by atoms with Crippen molar-refractivity contribution in [1.82, 2.24) is 5.32 Å². The van der Waals surface area contributed by atoms with Gasteiger partial charge in [0.2, 0.25) is 0 Å². The molecule has 0 fully saturated rings. The van der Waals surface area contributed by atoms with Gasteiger partial charge >= 0.3 is 0 Å². The van der Waals surface area contributed by atoms with Crippen LogP contribution in [0.3, 0.4) is 0 Å². The maximum absolute atomic E-state index is 11.4. The second-order valence-electron chi connectivity index (χ2n) is 3.67. The second-order valence-corrected chi connectivity index (χ2v) is 5.67. The summed E-state index contributed by atoms with van der Waals surface area (Å²) in [4.78, 5) is 11.8. The Bertz CT molecular complexity index is 371. The zero-order valence-electron chi connectivity index (χ0n) is 9.58. The van der Waals surface area contributed by atoms with Crippen LogP contribution >= 0.6 is 27.5 Å². The molecule has 17 heavy (non-hydrogen) atoms. The highest BCUT2D eigenvalue weighted by atomic mass is 79.9. The van der Waals surface area contributed by atoms with E-state index in [-0.39, 0.29) is 12.5 Å². The van der Waals surface area contributed by atoms with Gasteiger partial charge in [-0.2, -0.15) is 0 Å². The normalized spacial score (nSPS) is 11.9. The topological polar surface area (TPSA) is 38.3 Å². The SMILES string of the molecule is CC(Br)CCNC(=O)COc1cccc(Cl)c1. The van der Waals surface area contributed by atoms with E-state index in [9.17, 15) is 4.79 Å². The molecule has 1 rings (SSSR count). The van der Waals surface area contributed by atoms with E-state index in [1.807, 2.05) is 6.92 Å². The molecule has 0 radical (unpaired) electrons. The van der Waals surface area contributed by atoms with Crippen molar-refractivity contribution in [3.8, 4) is 5.75 Å². The van der Waals surface area contributed by atoms with Crippen molar-refractivity contribution >= 4 is 33.4 Å². The van der Waals surface area contributed by atoms with Crippen LogP contribution in [0.15, 0.2) is 24.3 Å². The van der Waals surface area contributed by atoms with Gasteiger partial charge in [-0.15, -0.1) is 0 Å². The third-order valence-electron chi connectivity index (χ3n) is 2.03. The molecular formula is C12H15BrClNO2. The minimum atomic E-state index is -0.127. The van der Waals surface area contributed by atoms with Gasteiger partial charge in [-0.25, -0.2) is 0 Å². The molecule has 3 nitrogen and oxygen atoms in total. The molecule has 0 saturated carbocycles. The lowest BCUT2D eigenvalue weighted by Crippen LogP contribution is -2.30. The fraction of sp³-hybridized carbons (Fsp3) is 0.417. The van der Waals surface area contributed by atoms with Gasteiger partial charge in [0.25, 0.3) is 5.91 Å². The number of ether oxygens (including phenoxy) is 1. The molecule has 0 bridgehead atoms. The van der Waals surface area contributed by atoms with Crippen molar-refractivity contribution in [3.63, 3.8) is 0 Å². The van der Waals surface area contributed by atoms with Gasteiger partial charge in [0.1, 0.15) is 5.75 Å². The van der Waals surface area contributed by atoms with E-state index in [2.05, 4.69) is 21.2 Å². The molecule has 94 valence electrons. The summed E-state index contributed by atoms with van der Waals surface area (Å²) in [5.41, 5.74) is 0. The van der Waals surface area contributed by atoms with Gasteiger partial charge in [0.05, 0.1) is 0 Å². The molecule has 0 saturated heterocycles. The smallest absolute Gasteiger partial charge is 0.257 e. The Labute approximate surface area is 115 Å². The Kier molecular flexibility index (Phi) is 6.37. The lowest BCUT2D eigenvalue weighted by atomic mass is 10.3. The molecule has 1 unspecified atom stereocenters. The van der Waals surface area contributed by atoms with Crippen molar-refractivity contribution in [2.75, 3.05) is 13.2 Å². The lowest BCUT2D eigenvalue weighted by molar-refractivity contribution is -0.123. The van der Waals surface area contributed by atoms with Gasteiger partial charge in [0, 0.05) is 16.4 Å². The third-order valence-corrected chi connectivity index (χ3v) is 2.72. The lowest BCUT2D eigenvalue weighted by Gasteiger charge is -2.08. The van der Waals surface area contributed by atoms with Crippen LogP contribution in [0.4, 0.5) is 0 Å². The summed E-state index contributed by atoms with van der Waals surface area (Å²) in [7, 11) is 0.